The van der Waals surface area contributed by atoms with E-state index in [1.807, 2.05) is 0 Å². The van der Waals surface area contributed by atoms with E-state index in [0.29, 0.717) is 0 Å². The Balaban J connectivity index is 1.64. The quantitative estimate of drug-likeness (QED) is 0.769. The van der Waals surface area contributed by atoms with Crippen LogP contribution in [0.25, 0.3) is 0 Å². The van der Waals surface area contributed by atoms with Crippen molar-refractivity contribution in [3.05, 3.63) is 0 Å². The van der Waals surface area contributed by atoms with Crippen molar-refractivity contribution in [3.8, 4) is 0 Å². The van der Waals surface area contributed by atoms with Crippen molar-refractivity contribution in [1.82, 2.24) is 5.32 Å². The van der Waals surface area contributed by atoms with E-state index < -0.39 is 0 Å². The van der Waals surface area contributed by atoms with Gasteiger partial charge >= 0.3 is 0 Å². The molecule has 2 saturated carbocycles. The van der Waals surface area contributed by atoms with Crippen molar-refractivity contribution >= 4 is 0 Å². The summed E-state index contributed by atoms with van der Waals surface area (Å²) in [4.78, 5) is 0. The number of hydrogen-bond acceptors (Lipinski definition) is 1. The molecule has 1 nitrogen and oxygen atoms in total. The van der Waals surface area contributed by atoms with Crippen molar-refractivity contribution in [2.75, 3.05) is 6.54 Å². The zero-order valence-corrected chi connectivity index (χ0v) is 12.8. The summed E-state index contributed by atoms with van der Waals surface area (Å²) in [7, 11) is 0. The van der Waals surface area contributed by atoms with E-state index in [1.54, 1.807) is 0 Å². The van der Waals surface area contributed by atoms with Crippen LogP contribution in [0, 0.1) is 23.7 Å². The molecule has 0 amide bonds. The Morgan fingerprint density at radius 2 is 1.67 bits per heavy atom. The van der Waals surface area contributed by atoms with Crippen LogP contribution in [0.3, 0.4) is 0 Å². The number of rotatable bonds is 4. The first kappa shape index (κ1) is 14.4. The average Bonchev–Trinajstić information content (AvgIpc) is 2.34. The van der Waals surface area contributed by atoms with Crippen molar-refractivity contribution in [2.24, 2.45) is 23.7 Å². The molecule has 0 spiro atoms. The summed E-state index contributed by atoms with van der Waals surface area (Å²) in [5, 5.41) is 3.86. The summed E-state index contributed by atoms with van der Waals surface area (Å²) >= 11 is 0. The Morgan fingerprint density at radius 1 is 0.889 bits per heavy atom. The molecule has 0 aromatic carbocycles. The van der Waals surface area contributed by atoms with Crippen LogP contribution in [0.4, 0.5) is 0 Å². The molecule has 0 heterocycles. The molecular formula is C17H33N. The molecule has 1 N–H and O–H groups in total. The topological polar surface area (TPSA) is 12.0 Å². The maximum absolute atomic E-state index is 3.86. The van der Waals surface area contributed by atoms with E-state index >= 15 is 0 Å². The van der Waals surface area contributed by atoms with E-state index in [9.17, 15) is 0 Å². The third-order valence-electron chi connectivity index (χ3n) is 5.46. The van der Waals surface area contributed by atoms with Gasteiger partial charge in [-0.2, -0.15) is 0 Å². The molecule has 0 saturated heterocycles. The van der Waals surface area contributed by atoms with Crippen molar-refractivity contribution in [3.63, 3.8) is 0 Å². The van der Waals surface area contributed by atoms with E-state index in [-0.39, 0.29) is 0 Å². The Kier molecular flexibility index (Phi) is 5.54. The Morgan fingerprint density at radius 3 is 2.44 bits per heavy atom. The van der Waals surface area contributed by atoms with Crippen molar-refractivity contribution in [1.29, 1.82) is 0 Å². The van der Waals surface area contributed by atoms with E-state index in [2.05, 4.69) is 26.1 Å². The normalized spacial score (nSPS) is 41.8. The second-order valence-electron chi connectivity index (χ2n) is 7.38. The lowest BCUT2D eigenvalue weighted by atomic mass is 9.79. The van der Waals surface area contributed by atoms with Gasteiger partial charge in [0, 0.05) is 6.04 Å². The largest absolute Gasteiger partial charge is 0.314 e. The number of nitrogens with one attached hydrogen (secondary N) is 1. The van der Waals surface area contributed by atoms with Crippen LogP contribution in [0.2, 0.25) is 0 Å². The third-order valence-corrected chi connectivity index (χ3v) is 5.46. The van der Waals surface area contributed by atoms with Gasteiger partial charge in [-0.1, -0.05) is 46.5 Å². The molecule has 0 aromatic rings. The van der Waals surface area contributed by atoms with Gasteiger partial charge in [0.1, 0.15) is 0 Å². The SMILES string of the molecule is CC1CCCC(CCNC2CC(C)CCC2C)C1. The molecule has 5 atom stereocenters. The highest BCUT2D eigenvalue weighted by atomic mass is 14.9. The smallest absolute Gasteiger partial charge is 0.00952 e. The van der Waals surface area contributed by atoms with Gasteiger partial charge in [-0.3, -0.25) is 0 Å². The van der Waals surface area contributed by atoms with Crippen molar-refractivity contribution < 1.29 is 0 Å². The standard InChI is InChI=1S/C17H33N/c1-13-5-4-6-16(11-13)9-10-18-17-12-14(2)7-8-15(17)3/h13-18H,4-12H2,1-3H3. The van der Waals surface area contributed by atoms with Crippen LogP contribution >= 0.6 is 0 Å². The molecule has 0 aromatic heterocycles. The van der Waals surface area contributed by atoms with Crippen LogP contribution in [0.15, 0.2) is 0 Å². The fraction of sp³-hybridized carbons (Fsp3) is 1.00. The minimum atomic E-state index is 0.801. The molecule has 2 aliphatic carbocycles. The summed E-state index contributed by atoms with van der Waals surface area (Å²) in [6, 6.07) is 0.801. The van der Waals surface area contributed by atoms with Gasteiger partial charge in [0.15, 0.2) is 0 Å². The van der Waals surface area contributed by atoms with Gasteiger partial charge in [0.2, 0.25) is 0 Å². The average molecular weight is 251 g/mol. The molecule has 106 valence electrons. The molecule has 2 aliphatic rings. The summed E-state index contributed by atoms with van der Waals surface area (Å²) in [6.07, 6.45) is 11.6. The molecule has 18 heavy (non-hydrogen) atoms. The van der Waals surface area contributed by atoms with Gasteiger partial charge in [0.05, 0.1) is 0 Å². The van der Waals surface area contributed by atoms with Gasteiger partial charge in [-0.15, -0.1) is 0 Å². The van der Waals surface area contributed by atoms with E-state index in [4.69, 9.17) is 0 Å². The zero-order valence-electron chi connectivity index (χ0n) is 12.8. The highest BCUT2D eigenvalue weighted by molar-refractivity contribution is 4.81. The molecule has 1 heteroatoms. The first-order chi connectivity index (χ1) is 8.65. The molecule has 2 fully saturated rings. The minimum Gasteiger partial charge on any atom is -0.314 e. The minimum absolute atomic E-state index is 0.801. The molecule has 5 unspecified atom stereocenters. The van der Waals surface area contributed by atoms with E-state index in [1.165, 1.54) is 57.9 Å². The summed E-state index contributed by atoms with van der Waals surface area (Å²) < 4.78 is 0. The molecule has 0 aliphatic heterocycles. The van der Waals surface area contributed by atoms with Crippen molar-refractivity contribution in [2.45, 2.75) is 78.2 Å². The fourth-order valence-electron chi connectivity index (χ4n) is 4.11. The highest BCUT2D eigenvalue weighted by Gasteiger charge is 2.25. The van der Waals surface area contributed by atoms with Gasteiger partial charge in [-0.05, 0) is 55.9 Å². The maximum atomic E-state index is 3.86. The van der Waals surface area contributed by atoms with Crippen LogP contribution in [0.5, 0.6) is 0 Å². The summed E-state index contributed by atoms with van der Waals surface area (Å²) in [5.74, 6) is 3.83. The fourth-order valence-corrected chi connectivity index (χ4v) is 4.11. The lowest BCUT2D eigenvalue weighted by molar-refractivity contribution is 0.215. The maximum Gasteiger partial charge on any atom is 0.00952 e. The number of hydrogen-bond donors (Lipinski definition) is 1. The predicted octanol–water partition coefficient (Wildman–Crippen LogP) is 4.62. The van der Waals surface area contributed by atoms with Crippen LogP contribution < -0.4 is 5.32 Å². The third kappa shape index (κ3) is 4.26. The van der Waals surface area contributed by atoms with E-state index in [0.717, 1.165) is 29.7 Å². The molecule has 0 bridgehead atoms. The first-order valence-corrected chi connectivity index (χ1v) is 8.38. The molecule has 0 radical (unpaired) electrons. The van der Waals surface area contributed by atoms with Gasteiger partial charge < -0.3 is 5.32 Å². The monoisotopic (exact) mass is 251 g/mol. The Labute approximate surface area is 114 Å². The van der Waals surface area contributed by atoms with Crippen LogP contribution in [-0.4, -0.2) is 12.6 Å². The van der Waals surface area contributed by atoms with Gasteiger partial charge in [0.25, 0.3) is 0 Å². The lowest BCUT2D eigenvalue weighted by Crippen LogP contribution is -2.40. The second kappa shape index (κ2) is 6.93. The molecular weight excluding hydrogens is 218 g/mol. The van der Waals surface area contributed by atoms with Crippen LogP contribution in [0.1, 0.15) is 72.1 Å². The second-order valence-corrected chi connectivity index (χ2v) is 7.38. The summed E-state index contributed by atoms with van der Waals surface area (Å²) in [6.45, 7) is 8.55. The lowest BCUT2D eigenvalue weighted by Gasteiger charge is -2.34. The molecule has 2 rings (SSSR count). The Bertz CT molecular complexity index is 238. The van der Waals surface area contributed by atoms with Crippen LogP contribution in [-0.2, 0) is 0 Å². The first-order valence-electron chi connectivity index (χ1n) is 8.38. The van der Waals surface area contributed by atoms with Gasteiger partial charge in [-0.25, -0.2) is 0 Å². The zero-order chi connectivity index (χ0) is 13.0. The Hall–Kier alpha value is -0.0400. The summed E-state index contributed by atoms with van der Waals surface area (Å²) in [5.41, 5.74) is 0. The highest BCUT2D eigenvalue weighted by Crippen LogP contribution is 2.31. The predicted molar refractivity (Wildman–Crippen MR) is 79.7 cm³/mol.